The zero-order valence-electron chi connectivity index (χ0n) is 22.8. The molecule has 0 aromatic carbocycles. The van der Waals surface area contributed by atoms with Crippen LogP contribution < -0.4 is 5.32 Å². The third kappa shape index (κ3) is 25.4. The molecule has 0 aliphatic rings. The van der Waals surface area contributed by atoms with Crippen molar-refractivity contribution in [1.82, 2.24) is 5.32 Å². The highest BCUT2D eigenvalue weighted by Crippen LogP contribution is 2.42. The summed E-state index contributed by atoms with van der Waals surface area (Å²) in [6.45, 7) is 2.75. The number of ether oxygens (including phenoxy) is 1. The van der Waals surface area contributed by atoms with E-state index in [9.17, 15) is 24.2 Å². The van der Waals surface area contributed by atoms with E-state index in [1.165, 1.54) is 0 Å². The minimum atomic E-state index is -4.38. The Bertz CT molecular complexity index is 820. The van der Waals surface area contributed by atoms with E-state index in [2.05, 4.69) is 69.9 Å². The van der Waals surface area contributed by atoms with Crippen molar-refractivity contribution in [2.24, 2.45) is 0 Å². The molecule has 9 nitrogen and oxygen atoms in total. The van der Waals surface area contributed by atoms with E-state index in [0.29, 0.717) is 12.8 Å². The zero-order valence-corrected chi connectivity index (χ0v) is 23.7. The summed E-state index contributed by atoms with van der Waals surface area (Å²) < 4.78 is 26.0. The van der Waals surface area contributed by atoms with E-state index < -0.39 is 26.5 Å². The van der Waals surface area contributed by atoms with E-state index in [4.69, 9.17) is 4.74 Å². The van der Waals surface area contributed by atoms with Crippen LogP contribution in [-0.4, -0.2) is 54.3 Å². The number of nitrogens with one attached hydrogen (secondary N) is 1. The molecule has 0 radical (unpaired) electrons. The van der Waals surface area contributed by atoms with Gasteiger partial charge in [-0.15, -0.1) is 0 Å². The van der Waals surface area contributed by atoms with Gasteiger partial charge in [-0.3, -0.25) is 18.6 Å². The Hall–Kier alpha value is -2.29. The smallest absolute Gasteiger partial charge is 0.463 e. The molecule has 0 aromatic rings. The van der Waals surface area contributed by atoms with Gasteiger partial charge in [0.05, 0.1) is 13.2 Å². The Labute approximate surface area is 227 Å². The van der Waals surface area contributed by atoms with E-state index in [-0.39, 0.29) is 32.1 Å². The van der Waals surface area contributed by atoms with Crippen LogP contribution in [0, 0.1) is 0 Å². The Kier molecular flexibility index (Phi) is 23.5. The number of amides is 1. The van der Waals surface area contributed by atoms with Crippen molar-refractivity contribution in [3.8, 4) is 0 Å². The molecular weight excluding hydrogens is 509 g/mol. The highest BCUT2D eigenvalue weighted by molar-refractivity contribution is 7.47. The fourth-order valence-electron chi connectivity index (χ4n) is 2.74. The molecule has 38 heavy (non-hydrogen) atoms. The van der Waals surface area contributed by atoms with Gasteiger partial charge in [-0.25, -0.2) is 4.57 Å². The number of aliphatic hydroxyl groups excluding tert-OH is 1. The number of hydrogen-bond donors (Lipinski definition) is 3. The summed E-state index contributed by atoms with van der Waals surface area (Å²) in [7, 11) is -4.38. The molecule has 0 bridgehead atoms. The first-order valence-corrected chi connectivity index (χ1v) is 14.8. The van der Waals surface area contributed by atoms with Gasteiger partial charge in [-0.05, 0) is 44.9 Å². The lowest BCUT2D eigenvalue weighted by atomic mass is 10.2. The molecule has 0 saturated heterocycles. The predicted octanol–water partition coefficient (Wildman–Crippen LogP) is 5.47. The highest BCUT2D eigenvalue weighted by atomic mass is 31.2. The monoisotopic (exact) mass is 555 g/mol. The van der Waals surface area contributed by atoms with E-state index >= 15 is 0 Å². The van der Waals surface area contributed by atoms with Gasteiger partial charge in [0.15, 0.2) is 0 Å². The van der Waals surface area contributed by atoms with Crippen molar-refractivity contribution in [3.05, 3.63) is 60.8 Å². The number of hydrogen-bond acceptors (Lipinski definition) is 7. The van der Waals surface area contributed by atoms with Crippen LogP contribution in [0.4, 0.5) is 0 Å². The number of phosphoric ester groups is 1. The zero-order chi connectivity index (χ0) is 28.3. The molecule has 10 heteroatoms. The molecule has 3 N–H and O–H groups in total. The summed E-state index contributed by atoms with van der Waals surface area (Å²) >= 11 is 0. The number of aliphatic hydroxyl groups is 1. The number of unbranched alkanes of at least 4 members (excludes halogenated alkanes) is 1. The van der Waals surface area contributed by atoms with Gasteiger partial charge in [0.25, 0.3) is 0 Å². The topological polar surface area (TPSA) is 131 Å². The fourth-order valence-corrected chi connectivity index (χ4v) is 3.49. The quantitative estimate of drug-likeness (QED) is 0.0655. The first-order valence-electron chi connectivity index (χ1n) is 13.3. The number of allylic oxidation sites excluding steroid dienone is 10. The van der Waals surface area contributed by atoms with Gasteiger partial charge < -0.3 is 20.1 Å². The Morgan fingerprint density at radius 2 is 1.39 bits per heavy atom. The molecule has 0 rings (SSSR count). The standard InChI is InChI=1S/C28H46NO8P/c1-3-5-6-7-8-9-10-11-12-13-14-15-16-17-18-19-20-21-28(32)35-24-26(30)25-37-38(33,34)36-23-22-29-27(31)4-2/h5-6,8-9,11-12,14-15,17-18,26,30H,3-4,7,10,13,16,19-25H2,1-2H3,(H,29,31)(H,33,34)/b6-5-,9-8-,12-11-,15-14-,18-17-. The third-order valence-electron chi connectivity index (χ3n) is 4.78. The summed E-state index contributed by atoms with van der Waals surface area (Å²) in [4.78, 5) is 32.4. The molecule has 2 atom stereocenters. The molecule has 0 heterocycles. The Morgan fingerprint density at radius 3 is 1.95 bits per heavy atom. The lowest BCUT2D eigenvalue weighted by molar-refractivity contribution is -0.147. The molecule has 0 saturated carbocycles. The molecule has 216 valence electrons. The molecule has 0 aromatic heterocycles. The maximum atomic E-state index is 11.8. The van der Waals surface area contributed by atoms with Gasteiger partial charge in [0.1, 0.15) is 12.7 Å². The summed E-state index contributed by atoms with van der Waals surface area (Å²) in [5.74, 6) is -0.677. The average Bonchev–Trinajstić information content (AvgIpc) is 2.90. The fraction of sp³-hybridized carbons (Fsp3) is 0.571. The summed E-state index contributed by atoms with van der Waals surface area (Å²) in [5, 5.41) is 12.3. The minimum absolute atomic E-state index is 0.0559. The first-order chi connectivity index (χ1) is 18.3. The molecule has 0 aliphatic carbocycles. The van der Waals surface area contributed by atoms with Crippen molar-refractivity contribution in [2.75, 3.05) is 26.4 Å². The number of phosphoric acid groups is 1. The molecule has 0 fully saturated rings. The van der Waals surface area contributed by atoms with Crippen molar-refractivity contribution in [2.45, 2.75) is 77.7 Å². The van der Waals surface area contributed by atoms with Crippen molar-refractivity contribution in [3.63, 3.8) is 0 Å². The Morgan fingerprint density at radius 1 is 0.842 bits per heavy atom. The van der Waals surface area contributed by atoms with Crippen LogP contribution in [0.1, 0.15) is 71.6 Å². The van der Waals surface area contributed by atoms with Crippen LogP contribution in [0.5, 0.6) is 0 Å². The van der Waals surface area contributed by atoms with Crippen LogP contribution in [-0.2, 0) is 27.9 Å². The molecule has 0 aliphatic heterocycles. The van der Waals surface area contributed by atoms with Crippen LogP contribution in [0.3, 0.4) is 0 Å². The third-order valence-corrected chi connectivity index (χ3v) is 5.76. The lowest BCUT2D eigenvalue weighted by Gasteiger charge is -2.15. The second-order valence-electron chi connectivity index (χ2n) is 8.24. The summed E-state index contributed by atoms with van der Waals surface area (Å²) in [6, 6.07) is 0. The second kappa shape index (κ2) is 25.0. The predicted molar refractivity (Wildman–Crippen MR) is 150 cm³/mol. The minimum Gasteiger partial charge on any atom is -0.463 e. The molecule has 0 spiro atoms. The number of rotatable bonds is 23. The summed E-state index contributed by atoms with van der Waals surface area (Å²) in [5.41, 5.74) is 0. The van der Waals surface area contributed by atoms with Crippen LogP contribution in [0.15, 0.2) is 60.8 Å². The summed E-state index contributed by atoms with van der Waals surface area (Å²) in [6.07, 6.45) is 26.6. The van der Waals surface area contributed by atoms with Crippen molar-refractivity contribution < 1.29 is 37.9 Å². The van der Waals surface area contributed by atoms with Gasteiger partial charge >= 0.3 is 13.8 Å². The van der Waals surface area contributed by atoms with Gasteiger partial charge in [0, 0.05) is 19.4 Å². The largest absolute Gasteiger partial charge is 0.472 e. The first kappa shape index (κ1) is 35.7. The maximum absolute atomic E-state index is 11.8. The van der Waals surface area contributed by atoms with Crippen LogP contribution in [0.2, 0.25) is 0 Å². The molecule has 2 unspecified atom stereocenters. The van der Waals surface area contributed by atoms with Gasteiger partial charge in [-0.2, -0.15) is 0 Å². The molecule has 1 amide bonds. The lowest BCUT2D eigenvalue weighted by Crippen LogP contribution is -2.26. The van der Waals surface area contributed by atoms with Crippen molar-refractivity contribution >= 4 is 19.7 Å². The number of carbonyl (C=O) groups excluding carboxylic acids is 2. The van der Waals surface area contributed by atoms with E-state index in [0.717, 1.165) is 38.5 Å². The second-order valence-corrected chi connectivity index (χ2v) is 9.69. The molecular formula is C28H46NO8P. The highest BCUT2D eigenvalue weighted by Gasteiger charge is 2.23. The number of esters is 1. The van der Waals surface area contributed by atoms with E-state index in [1.54, 1.807) is 6.92 Å². The van der Waals surface area contributed by atoms with Crippen molar-refractivity contribution in [1.29, 1.82) is 0 Å². The van der Waals surface area contributed by atoms with Gasteiger partial charge in [0.2, 0.25) is 5.91 Å². The normalized spacial score (nSPS) is 14.7. The Balaban J connectivity index is 3.77. The van der Waals surface area contributed by atoms with Crippen LogP contribution in [0.25, 0.3) is 0 Å². The SMILES string of the molecule is CC/C=C\C/C=C\C/C=C\C/C=C\C/C=C\CCCC(=O)OCC(O)COP(=O)(O)OCCNC(=O)CC. The number of carbonyl (C=O) groups is 2. The van der Waals surface area contributed by atoms with Crippen LogP contribution >= 0.6 is 7.82 Å². The van der Waals surface area contributed by atoms with Gasteiger partial charge in [-0.1, -0.05) is 74.6 Å². The maximum Gasteiger partial charge on any atom is 0.472 e. The average molecular weight is 556 g/mol. The van der Waals surface area contributed by atoms with E-state index in [1.807, 2.05) is 12.2 Å².